The Kier molecular flexibility index (Phi) is 10.8. The average molecular weight is 981 g/mol. The SMILES string of the molecule is c1ccc(-c2cc(-c3ccccn3)nc(-c3cc(-c4cc(N5c6ccccc6Oc6ccccc65)cc(N5c6ccccc6Oc6ccccc65)c4)cc(-c4nc(-c5ccccn5)cc(-c5ccccn5)n4)c3)n2)nc1. The molecule has 6 aromatic carbocycles. The first-order valence-electron chi connectivity index (χ1n) is 24.7. The highest BCUT2D eigenvalue weighted by Crippen LogP contribution is 2.55. The van der Waals surface area contributed by atoms with Gasteiger partial charge in [-0.1, -0.05) is 72.8 Å². The van der Waals surface area contributed by atoms with Crippen molar-refractivity contribution >= 4 is 34.1 Å². The fraction of sp³-hybridized carbons (Fsp3) is 0. The molecule has 0 saturated carbocycles. The van der Waals surface area contributed by atoms with E-state index in [-0.39, 0.29) is 0 Å². The van der Waals surface area contributed by atoms with Gasteiger partial charge in [-0.25, -0.2) is 19.9 Å². The van der Waals surface area contributed by atoms with Crippen LogP contribution in [0.4, 0.5) is 34.1 Å². The summed E-state index contributed by atoms with van der Waals surface area (Å²) in [7, 11) is 0. The second kappa shape index (κ2) is 18.7. The molecular formula is C64H40N10O2. The molecule has 0 bridgehead atoms. The number of aromatic nitrogens is 8. The van der Waals surface area contributed by atoms with Crippen molar-refractivity contribution < 1.29 is 9.47 Å². The monoisotopic (exact) mass is 980 g/mol. The second-order valence-corrected chi connectivity index (χ2v) is 18.1. The number of ether oxygens (including phenoxy) is 2. The maximum Gasteiger partial charge on any atom is 0.160 e. The third-order valence-electron chi connectivity index (χ3n) is 13.2. The lowest BCUT2D eigenvalue weighted by Gasteiger charge is -2.36. The summed E-state index contributed by atoms with van der Waals surface area (Å²) in [5.41, 5.74) is 13.9. The Morgan fingerprint density at radius 1 is 0.250 bits per heavy atom. The molecule has 6 aromatic heterocycles. The molecule has 0 N–H and O–H groups in total. The molecule has 358 valence electrons. The highest BCUT2D eigenvalue weighted by molar-refractivity contribution is 5.94. The number of rotatable bonds is 9. The summed E-state index contributed by atoms with van der Waals surface area (Å²) in [5.74, 6) is 3.87. The van der Waals surface area contributed by atoms with Crippen LogP contribution in [0.15, 0.2) is 243 Å². The molecule has 14 rings (SSSR count). The molecule has 0 spiro atoms. The highest BCUT2D eigenvalue weighted by atomic mass is 16.5. The predicted octanol–water partition coefficient (Wildman–Crippen LogP) is 15.7. The third kappa shape index (κ3) is 8.17. The van der Waals surface area contributed by atoms with Gasteiger partial charge in [0.1, 0.15) is 0 Å². The lowest BCUT2D eigenvalue weighted by Crippen LogP contribution is -2.18. The molecule has 0 unspecified atom stereocenters. The van der Waals surface area contributed by atoms with Gasteiger partial charge >= 0.3 is 0 Å². The summed E-state index contributed by atoms with van der Waals surface area (Å²) < 4.78 is 13.1. The number of benzene rings is 6. The first-order chi connectivity index (χ1) is 37.6. The van der Waals surface area contributed by atoms with Crippen molar-refractivity contribution in [2.45, 2.75) is 0 Å². The maximum absolute atomic E-state index is 6.57. The Morgan fingerprint density at radius 3 is 0.855 bits per heavy atom. The molecule has 0 amide bonds. The summed E-state index contributed by atoms with van der Waals surface area (Å²) in [6.07, 6.45) is 7.07. The largest absolute Gasteiger partial charge is 0.453 e. The van der Waals surface area contributed by atoms with Crippen molar-refractivity contribution in [1.82, 2.24) is 39.9 Å². The van der Waals surface area contributed by atoms with E-state index < -0.39 is 0 Å². The summed E-state index contributed by atoms with van der Waals surface area (Å²) in [6, 6.07) is 72.5. The van der Waals surface area contributed by atoms with E-state index in [0.29, 0.717) is 68.3 Å². The molecule has 12 aromatic rings. The first-order valence-corrected chi connectivity index (χ1v) is 24.7. The van der Waals surface area contributed by atoms with Crippen LogP contribution in [0.3, 0.4) is 0 Å². The normalized spacial score (nSPS) is 12.1. The van der Waals surface area contributed by atoms with E-state index in [1.807, 2.05) is 158 Å². The number of hydrogen-bond acceptors (Lipinski definition) is 12. The molecule has 12 heteroatoms. The van der Waals surface area contributed by atoms with Gasteiger partial charge in [-0.3, -0.25) is 19.9 Å². The number of hydrogen-bond donors (Lipinski definition) is 0. The van der Waals surface area contributed by atoms with E-state index in [2.05, 4.69) is 70.5 Å². The molecule has 76 heavy (non-hydrogen) atoms. The molecule has 0 fully saturated rings. The Bertz CT molecular complexity index is 3680. The number of nitrogens with zero attached hydrogens (tertiary/aromatic N) is 10. The van der Waals surface area contributed by atoms with Crippen LogP contribution in [0.25, 0.3) is 79.5 Å². The number of pyridine rings is 4. The minimum absolute atomic E-state index is 0.459. The van der Waals surface area contributed by atoms with Crippen LogP contribution in [-0.2, 0) is 0 Å². The fourth-order valence-electron chi connectivity index (χ4n) is 9.77. The van der Waals surface area contributed by atoms with E-state index in [1.54, 1.807) is 24.8 Å². The number of anilines is 6. The highest BCUT2D eigenvalue weighted by Gasteiger charge is 2.30. The van der Waals surface area contributed by atoms with Crippen LogP contribution in [0.1, 0.15) is 0 Å². The van der Waals surface area contributed by atoms with Gasteiger partial charge in [-0.05, 0) is 157 Å². The van der Waals surface area contributed by atoms with E-state index in [4.69, 9.17) is 49.3 Å². The zero-order chi connectivity index (χ0) is 50.4. The first kappa shape index (κ1) is 44.0. The van der Waals surface area contributed by atoms with Crippen LogP contribution in [0, 0.1) is 0 Å². The molecule has 0 radical (unpaired) electrons. The van der Waals surface area contributed by atoms with Crippen LogP contribution < -0.4 is 19.3 Å². The van der Waals surface area contributed by atoms with Gasteiger partial charge in [-0.15, -0.1) is 0 Å². The zero-order valence-electron chi connectivity index (χ0n) is 40.4. The summed E-state index contributed by atoms with van der Waals surface area (Å²) in [6.45, 7) is 0. The second-order valence-electron chi connectivity index (χ2n) is 18.1. The molecule has 2 aliphatic heterocycles. The lowest BCUT2D eigenvalue weighted by molar-refractivity contribution is 0.477. The van der Waals surface area contributed by atoms with Crippen molar-refractivity contribution in [2.24, 2.45) is 0 Å². The molecule has 8 heterocycles. The Hall–Kier alpha value is -10.7. The van der Waals surface area contributed by atoms with Crippen LogP contribution in [0.5, 0.6) is 23.0 Å². The predicted molar refractivity (Wildman–Crippen MR) is 296 cm³/mol. The van der Waals surface area contributed by atoms with Crippen molar-refractivity contribution in [3.63, 3.8) is 0 Å². The Balaban J connectivity index is 1.06. The van der Waals surface area contributed by atoms with Gasteiger partial charge in [0.15, 0.2) is 34.6 Å². The minimum Gasteiger partial charge on any atom is -0.453 e. The standard InChI is InChI=1S/C64H40N10O2/c1-5-25-59-55(21-1)73(56-22-2-6-26-60(56)75-59)45-36-42(37-46(38-45)74-57-23-3-7-27-61(57)76-62-28-8-4-24-58(62)74)41-33-43(63-69-51(47-17-9-13-29-65-47)39-52(70-63)48-18-10-14-30-66-48)35-44(34-41)64-71-53(49-19-11-15-31-67-49)40-54(72-64)50-20-12-16-32-68-50/h1-40H. The summed E-state index contributed by atoms with van der Waals surface area (Å²) >= 11 is 0. The fourth-order valence-corrected chi connectivity index (χ4v) is 9.77. The van der Waals surface area contributed by atoms with Gasteiger partial charge in [-0.2, -0.15) is 0 Å². The van der Waals surface area contributed by atoms with Crippen molar-refractivity contribution in [2.75, 3.05) is 9.80 Å². The van der Waals surface area contributed by atoms with Crippen LogP contribution in [-0.4, -0.2) is 39.9 Å². The molecule has 12 nitrogen and oxygen atoms in total. The van der Waals surface area contributed by atoms with Gasteiger partial charge < -0.3 is 19.3 Å². The lowest BCUT2D eigenvalue weighted by atomic mass is 9.96. The van der Waals surface area contributed by atoms with E-state index in [9.17, 15) is 0 Å². The van der Waals surface area contributed by atoms with Crippen molar-refractivity contribution in [3.05, 3.63) is 243 Å². The topological polar surface area (TPSA) is 128 Å². The summed E-state index contributed by atoms with van der Waals surface area (Å²) in [4.78, 5) is 44.5. The van der Waals surface area contributed by atoms with Crippen molar-refractivity contribution in [3.8, 4) is 102 Å². The quantitative estimate of drug-likeness (QED) is 0.137. The Morgan fingerprint density at radius 2 is 0.539 bits per heavy atom. The molecular weight excluding hydrogens is 941 g/mol. The average Bonchev–Trinajstić information content (AvgIpc) is 3.50. The van der Waals surface area contributed by atoms with Gasteiger partial charge in [0.05, 0.1) is 68.3 Å². The van der Waals surface area contributed by atoms with Gasteiger partial charge in [0.2, 0.25) is 0 Å². The van der Waals surface area contributed by atoms with Gasteiger partial charge in [0, 0.05) is 47.3 Å². The molecule has 0 aliphatic carbocycles. The number of para-hydroxylation sites is 8. The molecule has 0 saturated heterocycles. The smallest absolute Gasteiger partial charge is 0.160 e. The molecule has 0 atom stereocenters. The Labute approximate surface area is 437 Å². The van der Waals surface area contributed by atoms with E-state index in [1.165, 1.54) is 0 Å². The minimum atomic E-state index is 0.459. The molecule has 2 aliphatic rings. The maximum atomic E-state index is 6.57. The zero-order valence-corrected chi connectivity index (χ0v) is 40.4. The van der Waals surface area contributed by atoms with Crippen LogP contribution >= 0.6 is 0 Å². The van der Waals surface area contributed by atoms with Crippen molar-refractivity contribution in [1.29, 1.82) is 0 Å². The van der Waals surface area contributed by atoms with Gasteiger partial charge in [0.25, 0.3) is 0 Å². The van der Waals surface area contributed by atoms with E-state index in [0.717, 1.165) is 68.2 Å². The van der Waals surface area contributed by atoms with E-state index >= 15 is 0 Å². The third-order valence-corrected chi connectivity index (χ3v) is 13.2. The number of fused-ring (bicyclic) bond motifs is 4. The summed E-state index contributed by atoms with van der Waals surface area (Å²) in [5, 5.41) is 0. The van der Waals surface area contributed by atoms with Crippen LogP contribution in [0.2, 0.25) is 0 Å².